The standard InChI is InChI=1S/C11H16N4/c1-7(2)4-10-13-14-11-5-8(3)9(12)6-15(10)11/h5-7H,4,12H2,1-3H3. The van der Waals surface area contributed by atoms with Gasteiger partial charge in [-0.2, -0.15) is 0 Å². The molecule has 0 aliphatic heterocycles. The molecule has 4 nitrogen and oxygen atoms in total. The van der Waals surface area contributed by atoms with Crippen LogP contribution in [0.1, 0.15) is 25.2 Å². The second-order valence-electron chi connectivity index (χ2n) is 4.35. The van der Waals surface area contributed by atoms with Crippen molar-refractivity contribution < 1.29 is 0 Å². The minimum atomic E-state index is 0.569. The first-order chi connectivity index (χ1) is 7.08. The summed E-state index contributed by atoms with van der Waals surface area (Å²) in [6.45, 7) is 6.31. The second-order valence-corrected chi connectivity index (χ2v) is 4.35. The number of aromatic nitrogens is 3. The maximum atomic E-state index is 5.87. The molecule has 0 fully saturated rings. The monoisotopic (exact) mass is 204 g/mol. The van der Waals surface area contributed by atoms with E-state index in [0.29, 0.717) is 5.92 Å². The quantitative estimate of drug-likeness (QED) is 0.811. The van der Waals surface area contributed by atoms with Gasteiger partial charge >= 0.3 is 0 Å². The number of pyridine rings is 1. The Balaban J connectivity index is 2.54. The van der Waals surface area contributed by atoms with E-state index in [9.17, 15) is 0 Å². The fourth-order valence-electron chi connectivity index (χ4n) is 1.60. The number of anilines is 1. The number of hydrogen-bond donors (Lipinski definition) is 1. The Morgan fingerprint density at radius 2 is 2.13 bits per heavy atom. The number of rotatable bonds is 2. The van der Waals surface area contributed by atoms with Crippen LogP contribution in [-0.2, 0) is 6.42 Å². The SMILES string of the molecule is Cc1cc2nnc(CC(C)C)n2cc1N. The summed E-state index contributed by atoms with van der Waals surface area (Å²) in [5, 5.41) is 8.31. The average molecular weight is 204 g/mol. The van der Waals surface area contributed by atoms with E-state index in [1.165, 1.54) is 0 Å². The lowest BCUT2D eigenvalue weighted by molar-refractivity contribution is 0.616. The lowest BCUT2D eigenvalue weighted by Crippen LogP contribution is -2.02. The smallest absolute Gasteiger partial charge is 0.161 e. The van der Waals surface area contributed by atoms with Crippen LogP contribution in [0.5, 0.6) is 0 Å². The van der Waals surface area contributed by atoms with Gasteiger partial charge < -0.3 is 5.73 Å². The molecule has 0 bridgehead atoms. The van der Waals surface area contributed by atoms with E-state index >= 15 is 0 Å². The number of fused-ring (bicyclic) bond motifs is 1. The van der Waals surface area contributed by atoms with Crippen molar-refractivity contribution in [3.63, 3.8) is 0 Å². The van der Waals surface area contributed by atoms with Gasteiger partial charge in [-0.05, 0) is 24.5 Å². The van der Waals surface area contributed by atoms with Gasteiger partial charge in [0.05, 0.1) is 5.69 Å². The lowest BCUT2D eigenvalue weighted by Gasteiger charge is -2.05. The molecule has 0 aromatic carbocycles. The van der Waals surface area contributed by atoms with E-state index in [1.54, 1.807) is 0 Å². The number of nitrogens with zero attached hydrogens (tertiary/aromatic N) is 3. The number of aryl methyl sites for hydroxylation is 1. The van der Waals surface area contributed by atoms with Gasteiger partial charge in [-0.3, -0.25) is 4.40 Å². The molecule has 2 heterocycles. The Labute approximate surface area is 89.1 Å². The normalized spacial score (nSPS) is 11.5. The van der Waals surface area contributed by atoms with Crippen LogP contribution >= 0.6 is 0 Å². The highest BCUT2D eigenvalue weighted by Gasteiger charge is 2.08. The molecule has 0 unspecified atom stereocenters. The Kier molecular flexibility index (Phi) is 2.34. The van der Waals surface area contributed by atoms with Gasteiger partial charge in [0.25, 0.3) is 0 Å². The summed E-state index contributed by atoms with van der Waals surface area (Å²) in [6, 6.07) is 1.96. The molecule has 0 amide bonds. The molecule has 80 valence electrons. The van der Waals surface area contributed by atoms with Crippen molar-refractivity contribution in [2.24, 2.45) is 5.92 Å². The first-order valence-corrected chi connectivity index (χ1v) is 5.17. The highest BCUT2D eigenvalue weighted by atomic mass is 15.2. The molecule has 2 N–H and O–H groups in total. The van der Waals surface area contributed by atoms with Gasteiger partial charge in [0.2, 0.25) is 0 Å². The van der Waals surface area contributed by atoms with Gasteiger partial charge in [0, 0.05) is 12.6 Å². The third-order valence-electron chi connectivity index (χ3n) is 2.45. The predicted molar refractivity (Wildman–Crippen MR) is 60.7 cm³/mol. The van der Waals surface area contributed by atoms with Crippen LogP contribution in [0.25, 0.3) is 5.65 Å². The largest absolute Gasteiger partial charge is 0.397 e. The van der Waals surface area contributed by atoms with E-state index in [1.807, 2.05) is 23.6 Å². The van der Waals surface area contributed by atoms with E-state index in [2.05, 4.69) is 24.0 Å². The fourth-order valence-corrected chi connectivity index (χ4v) is 1.60. The minimum absolute atomic E-state index is 0.569. The molecule has 0 saturated carbocycles. The molecule has 0 radical (unpaired) electrons. The number of hydrogen-bond acceptors (Lipinski definition) is 3. The summed E-state index contributed by atoms with van der Waals surface area (Å²) in [6.07, 6.45) is 2.83. The molecular weight excluding hydrogens is 188 g/mol. The van der Waals surface area contributed by atoms with Gasteiger partial charge in [-0.1, -0.05) is 13.8 Å². The molecule has 0 saturated heterocycles. The third-order valence-corrected chi connectivity index (χ3v) is 2.45. The van der Waals surface area contributed by atoms with Crippen LogP contribution in [0.15, 0.2) is 12.3 Å². The summed E-state index contributed by atoms with van der Waals surface area (Å²) in [7, 11) is 0. The van der Waals surface area contributed by atoms with Crippen molar-refractivity contribution in [2.75, 3.05) is 5.73 Å². The fraction of sp³-hybridized carbons (Fsp3) is 0.455. The Morgan fingerprint density at radius 3 is 2.80 bits per heavy atom. The Hall–Kier alpha value is -1.58. The molecule has 0 aliphatic rings. The first kappa shape index (κ1) is 9.96. The molecular formula is C11H16N4. The topological polar surface area (TPSA) is 56.2 Å². The maximum absolute atomic E-state index is 5.87. The van der Waals surface area contributed by atoms with Crippen LogP contribution in [-0.4, -0.2) is 14.6 Å². The Bertz CT molecular complexity index is 485. The highest BCUT2D eigenvalue weighted by Crippen LogP contribution is 2.15. The summed E-state index contributed by atoms with van der Waals surface area (Å²) in [5.41, 5.74) is 8.57. The summed E-state index contributed by atoms with van der Waals surface area (Å²) in [4.78, 5) is 0. The van der Waals surface area contributed by atoms with Gasteiger partial charge in [0.15, 0.2) is 5.65 Å². The van der Waals surface area contributed by atoms with Crippen molar-refractivity contribution in [2.45, 2.75) is 27.2 Å². The van der Waals surface area contributed by atoms with Crippen LogP contribution < -0.4 is 5.73 Å². The third kappa shape index (κ3) is 1.79. The molecule has 4 heteroatoms. The number of nitrogen functional groups attached to an aromatic ring is 1. The van der Waals surface area contributed by atoms with Gasteiger partial charge in [-0.15, -0.1) is 10.2 Å². The summed E-state index contributed by atoms with van der Waals surface area (Å²) in [5.74, 6) is 1.55. The van der Waals surface area contributed by atoms with Gasteiger partial charge in [0.1, 0.15) is 5.82 Å². The zero-order chi connectivity index (χ0) is 11.0. The van der Waals surface area contributed by atoms with Crippen molar-refractivity contribution >= 4 is 11.3 Å². The lowest BCUT2D eigenvalue weighted by atomic mass is 10.1. The van der Waals surface area contributed by atoms with E-state index in [4.69, 9.17) is 5.73 Å². The average Bonchev–Trinajstić information content (AvgIpc) is 2.49. The van der Waals surface area contributed by atoms with Crippen molar-refractivity contribution in [3.8, 4) is 0 Å². The summed E-state index contributed by atoms with van der Waals surface area (Å²) >= 11 is 0. The van der Waals surface area contributed by atoms with Crippen LogP contribution in [0.4, 0.5) is 5.69 Å². The molecule has 15 heavy (non-hydrogen) atoms. The highest BCUT2D eigenvalue weighted by molar-refractivity contribution is 5.53. The van der Waals surface area contributed by atoms with E-state index in [-0.39, 0.29) is 0 Å². The molecule has 2 rings (SSSR count). The molecule has 2 aromatic rings. The molecule has 0 atom stereocenters. The van der Waals surface area contributed by atoms with Crippen molar-refractivity contribution in [3.05, 3.63) is 23.7 Å². The molecule has 0 aliphatic carbocycles. The Morgan fingerprint density at radius 1 is 1.40 bits per heavy atom. The second kappa shape index (κ2) is 3.53. The predicted octanol–water partition coefficient (Wildman–Crippen LogP) is 1.82. The van der Waals surface area contributed by atoms with E-state index < -0.39 is 0 Å². The minimum Gasteiger partial charge on any atom is -0.397 e. The molecule has 0 spiro atoms. The number of nitrogens with two attached hydrogens (primary N) is 1. The zero-order valence-corrected chi connectivity index (χ0v) is 9.36. The first-order valence-electron chi connectivity index (χ1n) is 5.17. The van der Waals surface area contributed by atoms with Crippen molar-refractivity contribution in [1.29, 1.82) is 0 Å². The van der Waals surface area contributed by atoms with E-state index in [0.717, 1.165) is 29.1 Å². The van der Waals surface area contributed by atoms with Gasteiger partial charge in [-0.25, -0.2) is 0 Å². The van der Waals surface area contributed by atoms with Crippen molar-refractivity contribution in [1.82, 2.24) is 14.6 Å². The van der Waals surface area contributed by atoms with Crippen LogP contribution in [0, 0.1) is 12.8 Å². The van der Waals surface area contributed by atoms with Crippen LogP contribution in [0.2, 0.25) is 0 Å². The maximum Gasteiger partial charge on any atom is 0.161 e. The zero-order valence-electron chi connectivity index (χ0n) is 9.36. The molecule has 2 aromatic heterocycles. The summed E-state index contributed by atoms with van der Waals surface area (Å²) < 4.78 is 1.97. The van der Waals surface area contributed by atoms with Crippen LogP contribution in [0.3, 0.4) is 0 Å².